The van der Waals surface area contributed by atoms with Crippen molar-refractivity contribution < 1.29 is 17.9 Å². The molecule has 0 amide bonds. The van der Waals surface area contributed by atoms with Crippen LogP contribution in [0.1, 0.15) is 5.69 Å². The highest BCUT2D eigenvalue weighted by atomic mass is 35.5. The van der Waals surface area contributed by atoms with Crippen molar-refractivity contribution in [2.75, 3.05) is 18.9 Å². The Morgan fingerprint density at radius 2 is 1.78 bits per heavy atom. The Morgan fingerprint density at radius 1 is 1.17 bits per heavy atom. The molecule has 0 saturated carbocycles. The second-order valence-corrected chi connectivity index (χ2v) is 7.01. The zero-order valence-corrected chi connectivity index (χ0v) is 15.2. The molecule has 0 saturated heterocycles. The van der Waals surface area contributed by atoms with Crippen LogP contribution in [0.15, 0.2) is 17.0 Å². The Bertz CT molecular complexity index is 849. The SMILES string of the molecule is COc1cc(OC)c(NS(=O)(=O)c2c(C)nn(C)c2Cl)cc1Cl. The predicted octanol–water partition coefficient (Wildman–Crippen LogP) is 2.85. The first kappa shape index (κ1) is 17.7. The van der Waals surface area contributed by atoms with Crippen LogP contribution in [0.2, 0.25) is 10.2 Å². The fourth-order valence-corrected chi connectivity index (χ4v) is 4.11. The van der Waals surface area contributed by atoms with Gasteiger partial charge in [0, 0.05) is 13.1 Å². The molecule has 0 radical (unpaired) electrons. The third-order valence-electron chi connectivity index (χ3n) is 3.09. The summed E-state index contributed by atoms with van der Waals surface area (Å²) in [6, 6.07) is 2.88. The molecule has 0 aliphatic rings. The molecule has 126 valence electrons. The second-order valence-electron chi connectivity index (χ2n) is 4.62. The minimum atomic E-state index is -3.97. The number of aryl methyl sites for hydroxylation is 2. The molecule has 0 bridgehead atoms. The Morgan fingerprint density at radius 3 is 2.26 bits per heavy atom. The predicted molar refractivity (Wildman–Crippen MR) is 88.3 cm³/mol. The van der Waals surface area contributed by atoms with E-state index in [1.807, 2.05) is 0 Å². The molecule has 2 aromatic rings. The monoisotopic (exact) mass is 379 g/mol. The van der Waals surface area contributed by atoms with Crippen molar-refractivity contribution in [3.63, 3.8) is 0 Å². The summed E-state index contributed by atoms with van der Waals surface area (Å²) in [6.07, 6.45) is 0. The Kier molecular flexibility index (Phi) is 4.98. The third-order valence-corrected chi connectivity index (χ3v) is 5.44. The first-order valence-electron chi connectivity index (χ1n) is 6.34. The summed E-state index contributed by atoms with van der Waals surface area (Å²) in [5.41, 5.74) is 0.446. The van der Waals surface area contributed by atoms with Crippen LogP contribution in [0, 0.1) is 6.92 Å². The lowest BCUT2D eigenvalue weighted by Gasteiger charge is -2.14. The minimum absolute atomic E-state index is 0.00794. The van der Waals surface area contributed by atoms with E-state index in [2.05, 4.69) is 9.82 Å². The van der Waals surface area contributed by atoms with Crippen LogP contribution in [0.4, 0.5) is 5.69 Å². The average Bonchev–Trinajstić information content (AvgIpc) is 2.72. The zero-order valence-electron chi connectivity index (χ0n) is 12.8. The van der Waals surface area contributed by atoms with Crippen molar-refractivity contribution in [2.45, 2.75) is 11.8 Å². The fourth-order valence-electron chi connectivity index (χ4n) is 2.05. The highest BCUT2D eigenvalue weighted by molar-refractivity contribution is 7.92. The van der Waals surface area contributed by atoms with Gasteiger partial charge in [-0.1, -0.05) is 23.2 Å². The normalized spacial score (nSPS) is 11.4. The van der Waals surface area contributed by atoms with Crippen LogP contribution in [-0.2, 0) is 17.1 Å². The van der Waals surface area contributed by atoms with E-state index in [9.17, 15) is 8.42 Å². The molecule has 0 aliphatic heterocycles. The van der Waals surface area contributed by atoms with Crippen LogP contribution in [0.25, 0.3) is 0 Å². The van der Waals surface area contributed by atoms with Gasteiger partial charge in [0.2, 0.25) is 0 Å². The highest BCUT2D eigenvalue weighted by Crippen LogP contribution is 2.37. The van der Waals surface area contributed by atoms with Gasteiger partial charge in [-0.2, -0.15) is 5.10 Å². The summed E-state index contributed by atoms with van der Waals surface area (Å²) in [7, 11) is 0.440. The minimum Gasteiger partial charge on any atom is -0.495 e. The summed E-state index contributed by atoms with van der Waals surface area (Å²) >= 11 is 12.1. The first-order valence-corrected chi connectivity index (χ1v) is 8.58. The quantitative estimate of drug-likeness (QED) is 0.863. The lowest BCUT2D eigenvalue weighted by atomic mass is 10.3. The molecule has 0 atom stereocenters. The second kappa shape index (κ2) is 6.46. The maximum absolute atomic E-state index is 12.6. The van der Waals surface area contributed by atoms with Crippen molar-refractivity contribution in [1.82, 2.24) is 9.78 Å². The summed E-state index contributed by atoms with van der Waals surface area (Å²) in [5.74, 6) is 0.620. The molecule has 0 spiro atoms. The summed E-state index contributed by atoms with van der Waals surface area (Å²) in [6.45, 7) is 1.55. The number of aromatic nitrogens is 2. The maximum atomic E-state index is 12.6. The van der Waals surface area contributed by atoms with E-state index in [0.717, 1.165) is 0 Å². The molecule has 0 fully saturated rings. The van der Waals surface area contributed by atoms with Crippen LogP contribution in [-0.4, -0.2) is 32.4 Å². The maximum Gasteiger partial charge on any atom is 0.266 e. The number of nitrogens with zero attached hydrogens (tertiary/aromatic N) is 2. The molecular weight excluding hydrogens is 365 g/mol. The van der Waals surface area contributed by atoms with Gasteiger partial charge in [0.1, 0.15) is 21.5 Å². The van der Waals surface area contributed by atoms with E-state index in [0.29, 0.717) is 5.75 Å². The first-order chi connectivity index (χ1) is 10.7. The highest BCUT2D eigenvalue weighted by Gasteiger charge is 2.26. The van der Waals surface area contributed by atoms with E-state index in [1.54, 1.807) is 14.0 Å². The van der Waals surface area contributed by atoms with E-state index in [4.69, 9.17) is 32.7 Å². The van der Waals surface area contributed by atoms with Crippen molar-refractivity contribution >= 4 is 38.9 Å². The largest absolute Gasteiger partial charge is 0.495 e. The van der Waals surface area contributed by atoms with Gasteiger partial charge in [-0.05, 0) is 13.0 Å². The smallest absolute Gasteiger partial charge is 0.266 e. The number of benzene rings is 1. The average molecular weight is 380 g/mol. The number of halogens is 2. The number of anilines is 1. The number of hydrogen-bond donors (Lipinski definition) is 1. The number of hydrogen-bond acceptors (Lipinski definition) is 5. The van der Waals surface area contributed by atoms with E-state index >= 15 is 0 Å². The van der Waals surface area contributed by atoms with E-state index in [-0.39, 0.29) is 32.2 Å². The summed E-state index contributed by atoms with van der Waals surface area (Å²) in [4.78, 5) is -0.101. The standard InChI is InChI=1S/C13H15Cl2N3O4S/c1-7-12(13(15)18(2)16-7)23(19,20)17-9-5-8(14)10(21-3)6-11(9)22-4/h5-6,17H,1-4H3. The van der Waals surface area contributed by atoms with E-state index in [1.165, 1.54) is 31.0 Å². The van der Waals surface area contributed by atoms with Crippen molar-refractivity contribution in [3.05, 3.63) is 28.0 Å². The molecule has 23 heavy (non-hydrogen) atoms. The van der Waals surface area contributed by atoms with Crippen LogP contribution in [0.5, 0.6) is 11.5 Å². The van der Waals surface area contributed by atoms with Crippen LogP contribution >= 0.6 is 23.2 Å². The topological polar surface area (TPSA) is 82.4 Å². The van der Waals surface area contributed by atoms with Crippen LogP contribution in [0.3, 0.4) is 0 Å². The van der Waals surface area contributed by atoms with Gasteiger partial charge in [0.25, 0.3) is 10.0 Å². The molecule has 0 unspecified atom stereocenters. The van der Waals surface area contributed by atoms with Gasteiger partial charge in [0.05, 0.1) is 30.6 Å². The number of nitrogens with one attached hydrogen (secondary N) is 1. The van der Waals surface area contributed by atoms with Crippen molar-refractivity contribution in [2.24, 2.45) is 7.05 Å². The molecule has 1 N–H and O–H groups in total. The van der Waals surface area contributed by atoms with Gasteiger partial charge in [-0.25, -0.2) is 8.42 Å². The molecule has 0 aliphatic carbocycles. The Balaban J connectivity index is 2.51. The number of rotatable bonds is 5. The van der Waals surface area contributed by atoms with Gasteiger partial charge in [0.15, 0.2) is 0 Å². The fraction of sp³-hybridized carbons (Fsp3) is 0.308. The lowest BCUT2D eigenvalue weighted by Crippen LogP contribution is -2.15. The van der Waals surface area contributed by atoms with Crippen molar-refractivity contribution in [1.29, 1.82) is 0 Å². The molecule has 1 heterocycles. The van der Waals surface area contributed by atoms with Crippen LogP contribution < -0.4 is 14.2 Å². The Labute approximate surface area is 144 Å². The third kappa shape index (κ3) is 3.34. The molecule has 10 heteroatoms. The number of methoxy groups -OCH3 is 2. The van der Waals surface area contributed by atoms with Crippen molar-refractivity contribution in [3.8, 4) is 11.5 Å². The number of sulfonamides is 1. The van der Waals surface area contributed by atoms with Gasteiger partial charge >= 0.3 is 0 Å². The Hall–Kier alpha value is -1.64. The van der Waals surface area contributed by atoms with Gasteiger partial charge < -0.3 is 9.47 Å². The molecule has 2 rings (SSSR count). The summed E-state index contributed by atoms with van der Waals surface area (Å²) < 4.78 is 39.2. The lowest BCUT2D eigenvalue weighted by molar-refractivity contribution is 0.396. The molecule has 1 aromatic heterocycles. The van der Waals surface area contributed by atoms with E-state index < -0.39 is 10.0 Å². The van der Waals surface area contributed by atoms with Gasteiger partial charge in [-0.3, -0.25) is 9.40 Å². The molecule has 1 aromatic carbocycles. The summed E-state index contributed by atoms with van der Waals surface area (Å²) in [5, 5.41) is 4.24. The molecule has 7 nitrogen and oxygen atoms in total. The van der Waals surface area contributed by atoms with Gasteiger partial charge in [-0.15, -0.1) is 0 Å². The zero-order chi connectivity index (χ0) is 17.4. The number of ether oxygens (including phenoxy) is 2. The molecular formula is C13H15Cl2N3O4S.